The highest BCUT2D eigenvalue weighted by Gasteiger charge is 2.34. The van der Waals surface area contributed by atoms with Gasteiger partial charge in [0.05, 0.1) is 0 Å². The molecule has 0 spiro atoms. The summed E-state index contributed by atoms with van der Waals surface area (Å²) in [4.78, 5) is 12.8. The minimum Gasteiger partial charge on any atom is -0.450 e. The molecule has 2 atom stereocenters. The molecule has 25 heavy (non-hydrogen) atoms. The average Bonchev–Trinajstić information content (AvgIpc) is 3.14. The van der Waals surface area contributed by atoms with Gasteiger partial charge in [-0.05, 0) is 38.0 Å². The van der Waals surface area contributed by atoms with Crippen molar-refractivity contribution >= 4 is 27.6 Å². The molecule has 5 rings (SSSR count). The zero-order chi connectivity index (χ0) is 17.0. The van der Waals surface area contributed by atoms with Gasteiger partial charge in [0.15, 0.2) is 5.76 Å². The van der Waals surface area contributed by atoms with E-state index in [1.165, 1.54) is 12.8 Å². The SMILES string of the molecule is Cc1c(C(=O)NC2CC3CCC(C2)N3)oc2c1ccc1ccccc12. The number of rotatable bonds is 2. The first-order valence-corrected chi connectivity index (χ1v) is 9.17. The molecule has 2 saturated heterocycles. The highest BCUT2D eigenvalue weighted by Crippen LogP contribution is 2.32. The molecule has 2 bridgehead atoms. The van der Waals surface area contributed by atoms with Crippen molar-refractivity contribution in [1.29, 1.82) is 0 Å². The number of carbonyl (C=O) groups excluding carboxylic acids is 1. The van der Waals surface area contributed by atoms with Gasteiger partial charge in [-0.1, -0.05) is 36.4 Å². The maximum absolute atomic E-state index is 12.8. The Morgan fingerprint density at radius 2 is 1.84 bits per heavy atom. The van der Waals surface area contributed by atoms with Gasteiger partial charge in [-0.2, -0.15) is 0 Å². The van der Waals surface area contributed by atoms with Gasteiger partial charge in [0.2, 0.25) is 0 Å². The number of hydrogen-bond donors (Lipinski definition) is 2. The Morgan fingerprint density at radius 1 is 1.08 bits per heavy atom. The number of fused-ring (bicyclic) bond motifs is 5. The summed E-state index contributed by atoms with van der Waals surface area (Å²) in [5, 5.41) is 10.0. The van der Waals surface area contributed by atoms with E-state index in [0.29, 0.717) is 17.8 Å². The molecular formula is C21H22N2O2. The molecule has 2 aliphatic rings. The van der Waals surface area contributed by atoms with Crippen LogP contribution in [0.2, 0.25) is 0 Å². The fraction of sp³-hybridized carbons (Fsp3) is 0.381. The van der Waals surface area contributed by atoms with Crippen LogP contribution in [0.1, 0.15) is 41.8 Å². The van der Waals surface area contributed by atoms with Crippen LogP contribution in [-0.4, -0.2) is 24.0 Å². The quantitative estimate of drug-likeness (QED) is 0.747. The lowest BCUT2D eigenvalue weighted by Gasteiger charge is -2.29. The molecule has 128 valence electrons. The molecule has 0 radical (unpaired) electrons. The molecule has 0 aliphatic carbocycles. The van der Waals surface area contributed by atoms with E-state index in [2.05, 4.69) is 28.8 Å². The van der Waals surface area contributed by atoms with Crippen molar-refractivity contribution < 1.29 is 9.21 Å². The topological polar surface area (TPSA) is 54.3 Å². The monoisotopic (exact) mass is 334 g/mol. The second kappa shape index (κ2) is 5.60. The van der Waals surface area contributed by atoms with Crippen molar-refractivity contribution in [3.05, 3.63) is 47.7 Å². The zero-order valence-electron chi connectivity index (χ0n) is 14.3. The van der Waals surface area contributed by atoms with Crippen LogP contribution in [0.3, 0.4) is 0 Å². The Labute approximate surface area is 146 Å². The largest absolute Gasteiger partial charge is 0.450 e. The number of furan rings is 1. The van der Waals surface area contributed by atoms with Gasteiger partial charge >= 0.3 is 0 Å². The summed E-state index contributed by atoms with van der Waals surface area (Å²) < 4.78 is 6.06. The first kappa shape index (κ1) is 15.0. The van der Waals surface area contributed by atoms with Crippen LogP contribution >= 0.6 is 0 Å². The summed E-state index contributed by atoms with van der Waals surface area (Å²) in [6.45, 7) is 1.97. The van der Waals surface area contributed by atoms with Crippen LogP contribution in [0, 0.1) is 6.92 Å². The molecule has 3 aromatic rings. The Balaban J connectivity index is 1.48. The predicted molar refractivity (Wildman–Crippen MR) is 98.9 cm³/mol. The maximum atomic E-state index is 12.8. The molecule has 0 saturated carbocycles. The molecule has 2 unspecified atom stereocenters. The third-order valence-corrected chi connectivity index (χ3v) is 5.84. The fourth-order valence-corrected chi connectivity index (χ4v) is 4.59. The summed E-state index contributed by atoms with van der Waals surface area (Å²) >= 11 is 0. The highest BCUT2D eigenvalue weighted by atomic mass is 16.3. The van der Waals surface area contributed by atoms with Gasteiger partial charge in [0.25, 0.3) is 5.91 Å². The summed E-state index contributed by atoms with van der Waals surface area (Å²) in [6.07, 6.45) is 4.49. The number of hydrogen-bond acceptors (Lipinski definition) is 3. The van der Waals surface area contributed by atoms with Gasteiger partial charge < -0.3 is 15.1 Å². The van der Waals surface area contributed by atoms with E-state index in [4.69, 9.17) is 4.42 Å². The third kappa shape index (κ3) is 2.44. The average molecular weight is 334 g/mol. The molecular weight excluding hydrogens is 312 g/mol. The van der Waals surface area contributed by atoms with Crippen molar-refractivity contribution in [3.63, 3.8) is 0 Å². The zero-order valence-corrected chi connectivity index (χ0v) is 14.3. The first-order chi connectivity index (χ1) is 12.2. The number of benzene rings is 2. The Morgan fingerprint density at radius 3 is 2.64 bits per heavy atom. The Bertz CT molecular complexity index is 963. The van der Waals surface area contributed by atoms with E-state index >= 15 is 0 Å². The number of nitrogens with one attached hydrogen (secondary N) is 2. The van der Waals surface area contributed by atoms with Gasteiger partial charge in [-0.15, -0.1) is 0 Å². The smallest absolute Gasteiger partial charge is 0.287 e. The second-order valence-electron chi connectivity index (χ2n) is 7.50. The highest BCUT2D eigenvalue weighted by molar-refractivity contribution is 6.08. The Kier molecular flexibility index (Phi) is 3.35. The van der Waals surface area contributed by atoms with Crippen LogP contribution < -0.4 is 10.6 Å². The molecule has 4 nitrogen and oxygen atoms in total. The molecule has 2 fully saturated rings. The summed E-state index contributed by atoms with van der Waals surface area (Å²) in [7, 11) is 0. The van der Waals surface area contributed by atoms with Crippen LogP contribution in [0.5, 0.6) is 0 Å². The summed E-state index contributed by atoms with van der Waals surface area (Å²) in [5.74, 6) is 0.376. The summed E-state index contributed by atoms with van der Waals surface area (Å²) in [5.41, 5.74) is 1.74. The van der Waals surface area contributed by atoms with E-state index in [0.717, 1.165) is 40.1 Å². The lowest BCUT2D eigenvalue weighted by atomic mass is 9.99. The van der Waals surface area contributed by atoms with Gasteiger partial charge in [-0.25, -0.2) is 0 Å². The molecule has 2 N–H and O–H groups in total. The van der Waals surface area contributed by atoms with Crippen molar-refractivity contribution in [1.82, 2.24) is 10.6 Å². The van der Waals surface area contributed by atoms with E-state index in [9.17, 15) is 4.79 Å². The number of piperidine rings is 1. The maximum Gasteiger partial charge on any atom is 0.287 e. The van der Waals surface area contributed by atoms with Crippen molar-refractivity contribution in [3.8, 4) is 0 Å². The van der Waals surface area contributed by atoms with Gasteiger partial charge in [0, 0.05) is 34.5 Å². The molecule has 1 aromatic heterocycles. The van der Waals surface area contributed by atoms with E-state index in [-0.39, 0.29) is 11.9 Å². The van der Waals surface area contributed by atoms with E-state index < -0.39 is 0 Å². The number of amides is 1. The van der Waals surface area contributed by atoms with Crippen LogP contribution in [-0.2, 0) is 0 Å². The summed E-state index contributed by atoms with van der Waals surface area (Å²) in [6, 6.07) is 13.6. The standard InChI is InChI=1S/C21H22N2O2/c1-12-17-9-6-13-4-2-3-5-18(13)20(17)25-19(12)21(24)23-16-10-14-7-8-15(11-16)22-14/h2-6,9,14-16,22H,7-8,10-11H2,1H3,(H,23,24). The predicted octanol–water partition coefficient (Wildman–Crippen LogP) is 3.91. The molecule has 3 heterocycles. The molecule has 2 aliphatic heterocycles. The van der Waals surface area contributed by atoms with Gasteiger partial charge in [-0.3, -0.25) is 4.79 Å². The fourth-order valence-electron chi connectivity index (χ4n) is 4.59. The minimum atomic E-state index is -0.0796. The molecule has 2 aromatic carbocycles. The van der Waals surface area contributed by atoms with E-state index in [1.807, 2.05) is 25.1 Å². The normalized spacial score (nSPS) is 25.6. The molecule has 1 amide bonds. The molecule has 4 heteroatoms. The van der Waals surface area contributed by atoms with Crippen LogP contribution in [0.4, 0.5) is 0 Å². The Hall–Kier alpha value is -2.33. The van der Waals surface area contributed by atoms with Crippen molar-refractivity contribution in [2.24, 2.45) is 0 Å². The lowest BCUT2D eigenvalue weighted by Crippen LogP contribution is -2.48. The second-order valence-corrected chi connectivity index (χ2v) is 7.50. The minimum absolute atomic E-state index is 0.0796. The van der Waals surface area contributed by atoms with E-state index in [1.54, 1.807) is 0 Å². The van der Waals surface area contributed by atoms with Crippen molar-refractivity contribution in [2.75, 3.05) is 0 Å². The third-order valence-electron chi connectivity index (χ3n) is 5.84. The van der Waals surface area contributed by atoms with Gasteiger partial charge in [0.1, 0.15) is 5.58 Å². The first-order valence-electron chi connectivity index (χ1n) is 9.17. The van der Waals surface area contributed by atoms with Crippen LogP contribution in [0.25, 0.3) is 21.7 Å². The van der Waals surface area contributed by atoms with Crippen LogP contribution in [0.15, 0.2) is 40.8 Å². The van der Waals surface area contributed by atoms with Crippen molar-refractivity contribution in [2.45, 2.75) is 50.7 Å². The number of carbonyl (C=O) groups is 1. The number of aryl methyl sites for hydroxylation is 1. The lowest BCUT2D eigenvalue weighted by molar-refractivity contribution is 0.0897.